The molecule has 2 aromatic carbocycles. The standard InChI is InChI=1S/C12H12BrNO/c13-11-6-5-10(12(15)7-14)8-3-1-2-4-9(8)11/h1-6,12,15H,7,14H2/t12-/m1/s1. The fourth-order valence-electron chi connectivity index (χ4n) is 1.70. The van der Waals surface area contributed by atoms with E-state index < -0.39 is 6.10 Å². The van der Waals surface area contributed by atoms with Crippen LogP contribution in [-0.2, 0) is 0 Å². The fraction of sp³-hybridized carbons (Fsp3) is 0.167. The van der Waals surface area contributed by atoms with Gasteiger partial charge in [-0.15, -0.1) is 0 Å². The number of benzene rings is 2. The van der Waals surface area contributed by atoms with Crippen LogP contribution in [0.15, 0.2) is 40.9 Å². The van der Waals surface area contributed by atoms with E-state index in [1.807, 2.05) is 36.4 Å². The molecule has 0 aromatic heterocycles. The molecule has 0 aliphatic heterocycles. The summed E-state index contributed by atoms with van der Waals surface area (Å²) in [5, 5.41) is 11.9. The van der Waals surface area contributed by atoms with E-state index >= 15 is 0 Å². The Balaban J connectivity index is 2.71. The van der Waals surface area contributed by atoms with Crippen molar-refractivity contribution in [1.82, 2.24) is 0 Å². The minimum Gasteiger partial charge on any atom is -0.387 e. The minimum absolute atomic E-state index is 0.242. The molecule has 3 N–H and O–H groups in total. The Labute approximate surface area is 96.8 Å². The van der Waals surface area contributed by atoms with Crippen LogP contribution >= 0.6 is 15.9 Å². The van der Waals surface area contributed by atoms with Gasteiger partial charge in [0.2, 0.25) is 0 Å². The minimum atomic E-state index is -0.594. The summed E-state index contributed by atoms with van der Waals surface area (Å²) in [5.41, 5.74) is 6.36. The molecule has 0 fully saturated rings. The Hall–Kier alpha value is -0.900. The van der Waals surface area contributed by atoms with E-state index in [4.69, 9.17) is 5.73 Å². The van der Waals surface area contributed by atoms with Gasteiger partial charge in [0.15, 0.2) is 0 Å². The van der Waals surface area contributed by atoms with Gasteiger partial charge in [-0.05, 0) is 22.4 Å². The molecule has 0 saturated carbocycles. The van der Waals surface area contributed by atoms with Crippen molar-refractivity contribution in [2.75, 3.05) is 6.54 Å². The molecule has 0 saturated heterocycles. The van der Waals surface area contributed by atoms with Gasteiger partial charge in [-0.25, -0.2) is 0 Å². The lowest BCUT2D eigenvalue weighted by Gasteiger charge is -2.12. The molecule has 0 heterocycles. The van der Waals surface area contributed by atoms with Crippen LogP contribution in [0.1, 0.15) is 11.7 Å². The van der Waals surface area contributed by atoms with Gasteiger partial charge in [0.05, 0.1) is 6.10 Å². The number of hydrogen-bond acceptors (Lipinski definition) is 2. The summed E-state index contributed by atoms with van der Waals surface area (Å²) in [6.07, 6.45) is -0.594. The van der Waals surface area contributed by atoms with Crippen LogP contribution in [0.4, 0.5) is 0 Å². The first-order valence-electron chi connectivity index (χ1n) is 4.79. The summed E-state index contributed by atoms with van der Waals surface area (Å²) >= 11 is 3.49. The van der Waals surface area contributed by atoms with E-state index in [1.54, 1.807) is 0 Å². The highest BCUT2D eigenvalue weighted by Gasteiger charge is 2.10. The van der Waals surface area contributed by atoms with Crippen LogP contribution in [0.5, 0.6) is 0 Å². The maximum Gasteiger partial charge on any atom is 0.0918 e. The van der Waals surface area contributed by atoms with Crippen molar-refractivity contribution < 1.29 is 5.11 Å². The molecule has 2 nitrogen and oxygen atoms in total. The third-order valence-corrected chi connectivity index (χ3v) is 3.18. The number of hydrogen-bond donors (Lipinski definition) is 2. The summed E-state index contributed by atoms with van der Waals surface area (Å²) in [6.45, 7) is 0.242. The third-order valence-electron chi connectivity index (χ3n) is 2.49. The average Bonchev–Trinajstić information content (AvgIpc) is 2.29. The molecule has 3 heteroatoms. The number of nitrogens with two attached hydrogens (primary N) is 1. The van der Waals surface area contributed by atoms with Crippen molar-refractivity contribution in [3.8, 4) is 0 Å². The number of fused-ring (bicyclic) bond motifs is 1. The average molecular weight is 266 g/mol. The van der Waals surface area contributed by atoms with E-state index in [2.05, 4.69) is 15.9 Å². The predicted octanol–water partition coefficient (Wildman–Crippen LogP) is 2.59. The van der Waals surface area contributed by atoms with Crippen LogP contribution in [-0.4, -0.2) is 11.7 Å². The van der Waals surface area contributed by atoms with Crippen LogP contribution in [0.3, 0.4) is 0 Å². The Morgan fingerprint density at radius 2 is 1.80 bits per heavy atom. The first kappa shape index (κ1) is 10.6. The number of rotatable bonds is 2. The van der Waals surface area contributed by atoms with Gasteiger partial charge in [0, 0.05) is 11.0 Å². The monoisotopic (exact) mass is 265 g/mol. The molecule has 1 atom stereocenters. The van der Waals surface area contributed by atoms with Crippen LogP contribution in [0.25, 0.3) is 10.8 Å². The highest BCUT2D eigenvalue weighted by atomic mass is 79.9. The van der Waals surface area contributed by atoms with Crippen molar-refractivity contribution in [3.05, 3.63) is 46.4 Å². The van der Waals surface area contributed by atoms with E-state index in [9.17, 15) is 5.11 Å². The van der Waals surface area contributed by atoms with Crippen molar-refractivity contribution in [2.45, 2.75) is 6.10 Å². The zero-order valence-electron chi connectivity index (χ0n) is 8.15. The topological polar surface area (TPSA) is 46.2 Å². The Morgan fingerprint density at radius 3 is 2.47 bits per heavy atom. The molecule has 0 unspecified atom stereocenters. The highest BCUT2D eigenvalue weighted by Crippen LogP contribution is 2.29. The van der Waals surface area contributed by atoms with Gasteiger partial charge in [0.25, 0.3) is 0 Å². The molecule has 0 aliphatic carbocycles. The van der Waals surface area contributed by atoms with Gasteiger partial charge < -0.3 is 10.8 Å². The molecule has 15 heavy (non-hydrogen) atoms. The Kier molecular flexibility index (Phi) is 3.05. The number of aliphatic hydroxyl groups is 1. The second kappa shape index (κ2) is 4.31. The first-order chi connectivity index (χ1) is 7.24. The molecular weight excluding hydrogens is 254 g/mol. The second-order valence-corrected chi connectivity index (χ2v) is 4.29. The summed E-state index contributed by atoms with van der Waals surface area (Å²) in [4.78, 5) is 0. The summed E-state index contributed by atoms with van der Waals surface area (Å²) in [6, 6.07) is 11.8. The summed E-state index contributed by atoms with van der Waals surface area (Å²) < 4.78 is 1.03. The fourth-order valence-corrected chi connectivity index (χ4v) is 2.18. The number of aliphatic hydroxyl groups excluding tert-OH is 1. The van der Waals surface area contributed by atoms with Crippen molar-refractivity contribution >= 4 is 26.7 Å². The largest absolute Gasteiger partial charge is 0.387 e. The van der Waals surface area contributed by atoms with Crippen molar-refractivity contribution in [2.24, 2.45) is 5.73 Å². The normalized spacial score (nSPS) is 13.0. The molecule has 0 radical (unpaired) electrons. The maximum atomic E-state index is 9.78. The lowest BCUT2D eigenvalue weighted by Crippen LogP contribution is -2.11. The van der Waals surface area contributed by atoms with E-state index in [0.717, 1.165) is 20.8 Å². The number of halogens is 1. The lowest BCUT2D eigenvalue weighted by atomic mass is 10.0. The van der Waals surface area contributed by atoms with E-state index in [1.165, 1.54) is 0 Å². The summed E-state index contributed by atoms with van der Waals surface area (Å²) in [5.74, 6) is 0. The molecule has 2 rings (SSSR count). The van der Waals surface area contributed by atoms with Gasteiger partial charge in [-0.1, -0.05) is 46.3 Å². The first-order valence-corrected chi connectivity index (χ1v) is 5.58. The van der Waals surface area contributed by atoms with Gasteiger partial charge >= 0.3 is 0 Å². The smallest absolute Gasteiger partial charge is 0.0918 e. The van der Waals surface area contributed by atoms with Gasteiger partial charge in [-0.2, -0.15) is 0 Å². The lowest BCUT2D eigenvalue weighted by molar-refractivity contribution is 0.188. The molecule has 0 aliphatic rings. The Morgan fingerprint density at radius 1 is 1.13 bits per heavy atom. The molecule has 0 bridgehead atoms. The Bertz CT molecular complexity index is 484. The molecule has 0 spiro atoms. The maximum absolute atomic E-state index is 9.78. The molecular formula is C12H12BrNO. The summed E-state index contributed by atoms with van der Waals surface area (Å²) in [7, 11) is 0. The van der Waals surface area contributed by atoms with E-state index in [0.29, 0.717) is 0 Å². The zero-order valence-corrected chi connectivity index (χ0v) is 9.74. The van der Waals surface area contributed by atoms with Crippen LogP contribution in [0.2, 0.25) is 0 Å². The second-order valence-electron chi connectivity index (χ2n) is 3.43. The van der Waals surface area contributed by atoms with Crippen LogP contribution in [0, 0.1) is 0 Å². The van der Waals surface area contributed by atoms with Crippen molar-refractivity contribution in [1.29, 1.82) is 0 Å². The SMILES string of the molecule is NC[C@@H](O)c1ccc(Br)c2ccccc12. The van der Waals surface area contributed by atoms with Gasteiger partial charge in [-0.3, -0.25) is 0 Å². The van der Waals surface area contributed by atoms with Gasteiger partial charge in [0.1, 0.15) is 0 Å². The van der Waals surface area contributed by atoms with Crippen LogP contribution < -0.4 is 5.73 Å². The third kappa shape index (κ3) is 1.91. The molecule has 0 amide bonds. The highest BCUT2D eigenvalue weighted by molar-refractivity contribution is 9.10. The molecule has 78 valence electrons. The predicted molar refractivity (Wildman–Crippen MR) is 65.7 cm³/mol. The van der Waals surface area contributed by atoms with E-state index in [-0.39, 0.29) is 6.54 Å². The quantitative estimate of drug-likeness (QED) is 0.877. The van der Waals surface area contributed by atoms with Crippen molar-refractivity contribution in [3.63, 3.8) is 0 Å². The zero-order chi connectivity index (χ0) is 10.8. The molecule has 2 aromatic rings.